The summed E-state index contributed by atoms with van der Waals surface area (Å²) in [4.78, 5) is 12.4. The van der Waals surface area contributed by atoms with E-state index in [4.69, 9.17) is 4.74 Å². The molecule has 4 nitrogen and oxygen atoms in total. The minimum atomic E-state index is -0.526. The summed E-state index contributed by atoms with van der Waals surface area (Å²) in [6, 6.07) is 5.88. The van der Waals surface area contributed by atoms with Crippen molar-refractivity contribution in [3.8, 4) is 0 Å². The monoisotopic (exact) mass is 350 g/mol. The van der Waals surface area contributed by atoms with E-state index in [1.165, 1.54) is 11.1 Å². The van der Waals surface area contributed by atoms with Gasteiger partial charge in [0.15, 0.2) is 0 Å². The van der Waals surface area contributed by atoms with Crippen LogP contribution in [0.5, 0.6) is 0 Å². The van der Waals surface area contributed by atoms with E-state index >= 15 is 0 Å². The van der Waals surface area contributed by atoms with Crippen molar-refractivity contribution in [3.63, 3.8) is 0 Å². The molecule has 0 radical (unpaired) electrons. The Bertz CT molecular complexity index is 696. The molecule has 0 N–H and O–H groups in total. The van der Waals surface area contributed by atoms with Crippen molar-refractivity contribution < 1.29 is 9.53 Å². The number of hydrogen-bond donors (Lipinski definition) is 0. The highest BCUT2D eigenvalue weighted by molar-refractivity contribution is 9.10. The van der Waals surface area contributed by atoms with E-state index < -0.39 is 11.7 Å². The van der Waals surface area contributed by atoms with Crippen LogP contribution in [0.15, 0.2) is 22.7 Å². The van der Waals surface area contributed by atoms with Crippen LogP contribution in [0.2, 0.25) is 0 Å². The van der Waals surface area contributed by atoms with Crippen molar-refractivity contribution in [3.05, 3.63) is 28.4 Å². The summed E-state index contributed by atoms with van der Waals surface area (Å²) in [6.45, 7) is 5.58. The third kappa shape index (κ3) is 2.84. The van der Waals surface area contributed by atoms with Gasteiger partial charge in [-0.2, -0.15) is 9.78 Å². The van der Waals surface area contributed by atoms with Crippen LogP contribution in [0.1, 0.15) is 51.6 Å². The van der Waals surface area contributed by atoms with E-state index in [9.17, 15) is 4.79 Å². The van der Waals surface area contributed by atoms with Crippen LogP contribution in [-0.2, 0) is 4.74 Å². The molecule has 5 heteroatoms. The number of hydrogen-bond acceptors (Lipinski definition) is 3. The normalized spacial score (nSPS) is 16.0. The lowest BCUT2D eigenvalue weighted by molar-refractivity contribution is 0.0521. The van der Waals surface area contributed by atoms with Gasteiger partial charge < -0.3 is 4.74 Å². The molecule has 1 aliphatic carbocycles. The highest BCUT2D eigenvalue weighted by Crippen LogP contribution is 2.39. The van der Waals surface area contributed by atoms with Crippen molar-refractivity contribution in [2.45, 2.75) is 51.6 Å². The Balaban J connectivity index is 2.08. The molecule has 0 saturated heterocycles. The maximum atomic E-state index is 12.4. The molecule has 0 bridgehead atoms. The van der Waals surface area contributed by atoms with Gasteiger partial charge in [-0.05, 0) is 51.8 Å². The van der Waals surface area contributed by atoms with Gasteiger partial charge >= 0.3 is 6.09 Å². The molecule has 1 saturated carbocycles. The summed E-state index contributed by atoms with van der Waals surface area (Å²) >= 11 is 3.50. The zero-order valence-electron chi connectivity index (χ0n) is 12.5. The van der Waals surface area contributed by atoms with Crippen molar-refractivity contribution in [2.75, 3.05) is 0 Å². The lowest BCUT2D eigenvalue weighted by Crippen LogP contribution is -2.28. The topological polar surface area (TPSA) is 44.1 Å². The van der Waals surface area contributed by atoms with Crippen molar-refractivity contribution >= 4 is 32.9 Å². The third-order valence-corrected chi connectivity index (χ3v) is 4.22. The fraction of sp³-hybridized carbons (Fsp3) is 0.500. The number of aromatic nitrogens is 2. The summed E-state index contributed by atoms with van der Waals surface area (Å²) < 4.78 is 7.86. The fourth-order valence-electron chi connectivity index (χ4n) is 2.54. The summed E-state index contributed by atoms with van der Waals surface area (Å²) in [5.74, 6) is 0.463. The maximum absolute atomic E-state index is 12.4. The molecular formula is C16H19BrN2O2. The molecule has 0 amide bonds. The number of halogens is 1. The second kappa shape index (κ2) is 5.13. The first-order chi connectivity index (χ1) is 9.85. The summed E-state index contributed by atoms with van der Waals surface area (Å²) in [7, 11) is 0. The first-order valence-corrected chi connectivity index (χ1v) is 8.06. The van der Waals surface area contributed by atoms with Crippen LogP contribution in [0.3, 0.4) is 0 Å². The van der Waals surface area contributed by atoms with Crippen LogP contribution in [0, 0.1) is 0 Å². The number of fused-ring (bicyclic) bond motifs is 1. The van der Waals surface area contributed by atoms with E-state index in [2.05, 4.69) is 21.0 Å². The minimum absolute atomic E-state index is 0.416. The number of rotatable bonds is 1. The summed E-state index contributed by atoms with van der Waals surface area (Å²) in [5, 5.41) is 5.60. The summed E-state index contributed by atoms with van der Waals surface area (Å²) in [5.41, 5.74) is 1.30. The van der Waals surface area contributed by atoms with Gasteiger partial charge in [-0.1, -0.05) is 22.4 Å². The Morgan fingerprint density at radius 2 is 2.10 bits per heavy atom. The highest BCUT2D eigenvalue weighted by Gasteiger charge is 2.28. The van der Waals surface area contributed by atoms with Gasteiger partial charge in [0.1, 0.15) is 5.60 Å². The predicted molar refractivity (Wildman–Crippen MR) is 85.7 cm³/mol. The average molecular weight is 351 g/mol. The zero-order chi connectivity index (χ0) is 15.2. The second-order valence-electron chi connectivity index (χ2n) is 6.57. The van der Waals surface area contributed by atoms with Gasteiger partial charge in [0.05, 0.1) is 11.2 Å². The smallest absolute Gasteiger partial charge is 0.435 e. The molecule has 1 aromatic heterocycles. The molecule has 0 aliphatic heterocycles. The van der Waals surface area contributed by atoms with Gasteiger partial charge in [0.25, 0.3) is 0 Å². The van der Waals surface area contributed by atoms with Crippen LogP contribution in [-0.4, -0.2) is 21.5 Å². The molecule has 0 spiro atoms. The lowest BCUT2D eigenvalue weighted by atomic mass is 9.82. The van der Waals surface area contributed by atoms with E-state index in [1.807, 2.05) is 39.0 Å². The second-order valence-corrected chi connectivity index (χ2v) is 7.48. The lowest BCUT2D eigenvalue weighted by Gasteiger charge is -2.23. The Hall–Kier alpha value is -1.36. The Morgan fingerprint density at radius 1 is 1.38 bits per heavy atom. The molecule has 3 rings (SSSR count). The molecule has 2 aromatic rings. The van der Waals surface area contributed by atoms with Crippen LogP contribution >= 0.6 is 15.9 Å². The van der Waals surface area contributed by atoms with Crippen molar-refractivity contribution in [2.24, 2.45) is 0 Å². The SMILES string of the molecule is CC(C)(C)OC(=O)n1nc(C2CCC2)c2cc(Br)ccc21. The van der Waals surface area contributed by atoms with E-state index in [-0.39, 0.29) is 0 Å². The van der Waals surface area contributed by atoms with E-state index in [0.29, 0.717) is 5.92 Å². The Kier molecular flexibility index (Phi) is 3.56. The van der Waals surface area contributed by atoms with Crippen LogP contribution in [0.4, 0.5) is 4.79 Å². The third-order valence-electron chi connectivity index (χ3n) is 3.73. The Labute approximate surface area is 132 Å². The van der Waals surface area contributed by atoms with Gasteiger partial charge in [0.2, 0.25) is 0 Å². The fourth-order valence-corrected chi connectivity index (χ4v) is 2.90. The number of carbonyl (C=O) groups is 1. The quantitative estimate of drug-likeness (QED) is 0.738. The number of nitrogens with zero attached hydrogens (tertiary/aromatic N) is 2. The molecule has 1 aromatic carbocycles. The number of carbonyl (C=O) groups excluding carboxylic acids is 1. The predicted octanol–water partition coefficient (Wildman–Crippen LogP) is 4.85. The largest absolute Gasteiger partial charge is 0.442 e. The number of ether oxygens (including phenoxy) is 1. The van der Waals surface area contributed by atoms with Crippen LogP contribution in [0.25, 0.3) is 10.9 Å². The standard InChI is InChI=1S/C16H19BrN2O2/c1-16(2,3)21-15(20)19-13-8-7-11(17)9-12(13)14(18-19)10-5-4-6-10/h7-10H,4-6H2,1-3H3. The molecule has 1 fully saturated rings. The highest BCUT2D eigenvalue weighted by atomic mass is 79.9. The van der Waals surface area contributed by atoms with Gasteiger partial charge in [-0.15, -0.1) is 0 Å². The average Bonchev–Trinajstić information content (AvgIpc) is 2.64. The Morgan fingerprint density at radius 3 is 2.67 bits per heavy atom. The molecule has 1 aliphatic rings. The first-order valence-electron chi connectivity index (χ1n) is 7.27. The van der Waals surface area contributed by atoms with Gasteiger partial charge in [0, 0.05) is 15.8 Å². The van der Waals surface area contributed by atoms with Gasteiger partial charge in [-0.25, -0.2) is 4.79 Å². The van der Waals surface area contributed by atoms with E-state index in [1.54, 1.807) is 0 Å². The van der Waals surface area contributed by atoms with Crippen molar-refractivity contribution in [1.29, 1.82) is 0 Å². The van der Waals surface area contributed by atoms with Gasteiger partial charge in [-0.3, -0.25) is 0 Å². The van der Waals surface area contributed by atoms with Crippen molar-refractivity contribution in [1.82, 2.24) is 9.78 Å². The minimum Gasteiger partial charge on any atom is -0.442 e. The molecule has 0 unspecified atom stereocenters. The molecule has 0 atom stereocenters. The summed E-state index contributed by atoms with van der Waals surface area (Å²) in [6.07, 6.45) is 3.11. The zero-order valence-corrected chi connectivity index (χ0v) is 14.1. The van der Waals surface area contributed by atoms with E-state index in [0.717, 1.165) is 33.9 Å². The first kappa shape index (κ1) is 14.6. The molecular weight excluding hydrogens is 332 g/mol. The van der Waals surface area contributed by atoms with Crippen LogP contribution < -0.4 is 0 Å². The molecule has 21 heavy (non-hydrogen) atoms. The molecule has 112 valence electrons. The maximum Gasteiger partial charge on any atom is 0.435 e. The number of benzene rings is 1. The molecule has 1 heterocycles.